The minimum Gasteiger partial charge on any atom is -0.508 e. The van der Waals surface area contributed by atoms with E-state index in [1.807, 2.05) is 26.0 Å². The highest BCUT2D eigenvalue weighted by molar-refractivity contribution is 5.91. The maximum absolute atomic E-state index is 13.3. The van der Waals surface area contributed by atoms with Gasteiger partial charge >= 0.3 is 12.1 Å². The molecule has 0 aliphatic heterocycles. The van der Waals surface area contributed by atoms with Gasteiger partial charge in [-0.2, -0.15) is 18.3 Å². The molecule has 4 heterocycles. The monoisotopic (exact) mass is 688 g/mol. The average Bonchev–Trinajstić information content (AvgIpc) is 3.70. The van der Waals surface area contributed by atoms with Crippen molar-refractivity contribution >= 4 is 17.0 Å². The Balaban J connectivity index is 0.000000336. The number of benzene rings is 2. The summed E-state index contributed by atoms with van der Waals surface area (Å²) in [6, 6.07) is 10.4. The fourth-order valence-corrected chi connectivity index (χ4v) is 5.28. The summed E-state index contributed by atoms with van der Waals surface area (Å²) in [5.41, 5.74) is 2.52. The third kappa shape index (κ3) is 7.04. The Labute approximate surface area is 282 Å². The molecule has 0 spiro atoms. The highest BCUT2D eigenvalue weighted by Crippen LogP contribution is 2.45. The van der Waals surface area contributed by atoms with Gasteiger partial charge in [0.1, 0.15) is 34.8 Å². The summed E-state index contributed by atoms with van der Waals surface area (Å²) in [5.74, 6) is -0.274. The number of rotatable bonds is 8. The average molecular weight is 689 g/mol. The van der Waals surface area contributed by atoms with E-state index in [4.69, 9.17) is 25.0 Å². The van der Waals surface area contributed by atoms with Crippen LogP contribution < -0.4 is 4.74 Å². The topological polar surface area (TPSA) is 174 Å². The number of phenols is 2. The smallest absolute Gasteiger partial charge is 0.434 e. The first-order valence-corrected chi connectivity index (χ1v) is 15.4. The number of aromatic carboxylic acids is 1. The van der Waals surface area contributed by atoms with Crippen molar-refractivity contribution in [3.05, 3.63) is 89.9 Å². The number of fused-ring (bicyclic) bond motifs is 1. The SMILES string of the molecule is COc1ncnc(C2CC2)c1-c1ncc2cnn(Cc3ccc(-c4nc(C(F)(F)F)cn4C(C)C)cc3)c2n1.O=C(O)c1cc(O)ccc1O. The molecular weight excluding hydrogens is 657 g/mol. The van der Waals surface area contributed by atoms with E-state index in [1.54, 1.807) is 36.3 Å². The first kappa shape index (κ1) is 33.8. The van der Waals surface area contributed by atoms with Crippen molar-refractivity contribution in [3.63, 3.8) is 0 Å². The molecule has 3 N–H and O–H groups in total. The zero-order valence-electron chi connectivity index (χ0n) is 27.0. The molecular formula is C34H31F3N8O5. The first-order valence-electron chi connectivity index (χ1n) is 15.4. The number of aromatic hydroxyl groups is 2. The van der Waals surface area contributed by atoms with Crippen LogP contribution in [0.5, 0.6) is 17.4 Å². The number of phenolic OH excluding ortho intramolecular Hbond substituents is 1. The first-order chi connectivity index (χ1) is 23.8. The summed E-state index contributed by atoms with van der Waals surface area (Å²) in [7, 11) is 1.56. The lowest BCUT2D eigenvalue weighted by Crippen LogP contribution is -2.05. The molecule has 13 nitrogen and oxygen atoms in total. The van der Waals surface area contributed by atoms with E-state index in [0.29, 0.717) is 40.9 Å². The molecule has 0 bridgehead atoms. The van der Waals surface area contributed by atoms with Gasteiger partial charge in [0.2, 0.25) is 5.88 Å². The number of aromatic nitrogens is 8. The number of carboxylic acid groups (broad SMARTS) is 1. The molecule has 1 aliphatic carbocycles. The van der Waals surface area contributed by atoms with Gasteiger partial charge < -0.3 is 24.6 Å². The van der Waals surface area contributed by atoms with E-state index in [-0.39, 0.29) is 28.9 Å². The molecule has 0 atom stereocenters. The lowest BCUT2D eigenvalue weighted by molar-refractivity contribution is -0.140. The van der Waals surface area contributed by atoms with Crippen LogP contribution in [0.2, 0.25) is 0 Å². The lowest BCUT2D eigenvalue weighted by atomic mass is 10.1. The second kappa shape index (κ2) is 13.4. The molecule has 0 saturated heterocycles. The second-order valence-corrected chi connectivity index (χ2v) is 11.8. The highest BCUT2D eigenvalue weighted by Gasteiger charge is 2.35. The van der Waals surface area contributed by atoms with Crippen molar-refractivity contribution in [1.82, 2.24) is 39.3 Å². The maximum atomic E-state index is 13.3. The normalized spacial score (nSPS) is 12.9. The van der Waals surface area contributed by atoms with Gasteiger partial charge in [-0.05, 0) is 50.5 Å². The van der Waals surface area contributed by atoms with Gasteiger partial charge in [-0.15, -0.1) is 0 Å². The number of carboxylic acids is 1. The lowest BCUT2D eigenvalue weighted by Gasteiger charge is -2.12. The van der Waals surface area contributed by atoms with E-state index in [9.17, 15) is 18.0 Å². The highest BCUT2D eigenvalue weighted by atomic mass is 19.4. The molecule has 0 unspecified atom stereocenters. The zero-order chi connectivity index (χ0) is 35.7. The molecule has 0 amide bonds. The Morgan fingerprint density at radius 3 is 2.38 bits per heavy atom. The Hall–Kier alpha value is -6.06. The number of methoxy groups -OCH3 is 1. The number of ether oxygens (including phenoxy) is 1. The van der Waals surface area contributed by atoms with Gasteiger partial charge in [-0.1, -0.05) is 24.3 Å². The van der Waals surface area contributed by atoms with Crippen LogP contribution in [0, 0.1) is 0 Å². The molecule has 2 aromatic carbocycles. The third-order valence-corrected chi connectivity index (χ3v) is 7.93. The van der Waals surface area contributed by atoms with E-state index in [2.05, 4.69) is 25.0 Å². The number of hydrogen-bond donors (Lipinski definition) is 3. The van der Waals surface area contributed by atoms with E-state index < -0.39 is 17.8 Å². The quantitative estimate of drug-likeness (QED) is 0.149. The molecule has 0 radical (unpaired) electrons. The van der Waals surface area contributed by atoms with Crippen LogP contribution >= 0.6 is 0 Å². The molecule has 50 heavy (non-hydrogen) atoms. The minimum absolute atomic E-state index is 0.179. The number of halogens is 3. The molecule has 6 aromatic rings. The molecule has 4 aromatic heterocycles. The summed E-state index contributed by atoms with van der Waals surface area (Å²) in [4.78, 5) is 32.3. The number of nitrogens with zero attached hydrogens (tertiary/aromatic N) is 8. The van der Waals surface area contributed by atoms with Crippen LogP contribution in [-0.2, 0) is 12.7 Å². The van der Waals surface area contributed by atoms with Crippen LogP contribution in [0.25, 0.3) is 33.8 Å². The van der Waals surface area contributed by atoms with Gasteiger partial charge in [0.25, 0.3) is 0 Å². The van der Waals surface area contributed by atoms with Crippen molar-refractivity contribution in [3.8, 4) is 40.2 Å². The standard InChI is InChI=1S/C27H25F3N8O.C7H6O4/c1-15(2)37-13-20(27(28,29)30)35-24(37)18-6-4-16(5-7-18)12-38-25-19(11-34-38)10-31-23(36-25)21-22(17-8-9-17)32-14-33-26(21)39-3;8-4-1-2-6(9)5(3-4)7(10)11/h4-7,10-11,13-15,17H,8-9,12H2,1-3H3;1-3,8-9H,(H,10,11). The molecule has 1 saturated carbocycles. The number of hydrogen-bond acceptors (Lipinski definition) is 10. The summed E-state index contributed by atoms with van der Waals surface area (Å²) < 4.78 is 48.7. The van der Waals surface area contributed by atoms with Crippen molar-refractivity contribution in [2.75, 3.05) is 7.11 Å². The van der Waals surface area contributed by atoms with Gasteiger partial charge in [0.15, 0.2) is 17.2 Å². The Kier molecular flexibility index (Phi) is 9.10. The van der Waals surface area contributed by atoms with Crippen molar-refractivity contribution < 1.29 is 38.0 Å². The molecule has 258 valence electrons. The fourth-order valence-electron chi connectivity index (χ4n) is 5.28. The third-order valence-electron chi connectivity index (χ3n) is 7.93. The summed E-state index contributed by atoms with van der Waals surface area (Å²) in [5, 5.41) is 31.4. The summed E-state index contributed by atoms with van der Waals surface area (Å²) in [6.45, 7) is 4.05. The Bertz CT molecular complexity index is 2180. The van der Waals surface area contributed by atoms with Crippen LogP contribution in [-0.4, -0.2) is 67.7 Å². The second-order valence-electron chi connectivity index (χ2n) is 11.8. The van der Waals surface area contributed by atoms with Gasteiger partial charge in [-0.25, -0.2) is 34.4 Å². The van der Waals surface area contributed by atoms with Crippen LogP contribution in [0.15, 0.2) is 67.4 Å². The largest absolute Gasteiger partial charge is 0.508 e. The van der Waals surface area contributed by atoms with E-state index in [0.717, 1.165) is 47.8 Å². The predicted octanol–water partition coefficient (Wildman–Crippen LogP) is 6.48. The van der Waals surface area contributed by atoms with Crippen molar-refractivity contribution in [2.45, 2.75) is 51.4 Å². The molecule has 1 fully saturated rings. The number of imidazole rings is 1. The fraction of sp³-hybridized carbons (Fsp3) is 0.265. The van der Waals surface area contributed by atoms with Gasteiger partial charge in [0, 0.05) is 29.9 Å². The molecule has 7 rings (SSSR count). The van der Waals surface area contributed by atoms with Crippen LogP contribution in [0.3, 0.4) is 0 Å². The van der Waals surface area contributed by atoms with Crippen molar-refractivity contribution in [2.24, 2.45) is 0 Å². The predicted molar refractivity (Wildman–Crippen MR) is 174 cm³/mol. The Morgan fingerprint density at radius 1 is 1.02 bits per heavy atom. The van der Waals surface area contributed by atoms with Crippen LogP contribution in [0.1, 0.15) is 66.0 Å². The minimum atomic E-state index is -4.51. The zero-order valence-corrected chi connectivity index (χ0v) is 27.0. The summed E-state index contributed by atoms with van der Waals surface area (Å²) >= 11 is 0. The van der Waals surface area contributed by atoms with E-state index >= 15 is 0 Å². The van der Waals surface area contributed by atoms with Crippen LogP contribution in [0.4, 0.5) is 13.2 Å². The van der Waals surface area contributed by atoms with Gasteiger partial charge in [-0.3, -0.25) is 0 Å². The van der Waals surface area contributed by atoms with Gasteiger partial charge in [0.05, 0.1) is 30.9 Å². The van der Waals surface area contributed by atoms with Crippen molar-refractivity contribution in [1.29, 1.82) is 0 Å². The number of alkyl halides is 3. The molecule has 16 heteroatoms. The van der Waals surface area contributed by atoms with E-state index in [1.165, 1.54) is 17.0 Å². The maximum Gasteiger partial charge on any atom is 0.434 e. The molecule has 1 aliphatic rings. The Morgan fingerprint density at radius 2 is 1.76 bits per heavy atom. The number of carbonyl (C=O) groups is 1. The summed E-state index contributed by atoms with van der Waals surface area (Å²) in [6.07, 6.45) is 3.58.